The summed E-state index contributed by atoms with van der Waals surface area (Å²) >= 11 is 0. The second-order valence-corrected chi connectivity index (χ2v) is 5.09. The molecule has 1 saturated carbocycles. The molecule has 0 aliphatic heterocycles. The van der Waals surface area contributed by atoms with Crippen LogP contribution in [0.25, 0.3) is 11.0 Å². The number of nitrogens with zero attached hydrogens (tertiary/aromatic N) is 2. The third-order valence-electron chi connectivity index (χ3n) is 4.02. The largest absolute Gasteiger partial charge is 0.478 e. The Labute approximate surface area is 110 Å². The van der Waals surface area contributed by atoms with Crippen molar-refractivity contribution in [2.24, 2.45) is 0 Å². The van der Waals surface area contributed by atoms with Gasteiger partial charge in [0.05, 0.1) is 35.1 Å². The predicted molar refractivity (Wildman–Crippen MR) is 70.3 cm³/mol. The van der Waals surface area contributed by atoms with Gasteiger partial charge in [-0.1, -0.05) is 6.07 Å². The van der Waals surface area contributed by atoms with E-state index in [0.29, 0.717) is 23.1 Å². The van der Waals surface area contributed by atoms with Crippen LogP contribution < -0.4 is 0 Å². The van der Waals surface area contributed by atoms with Crippen LogP contribution in [0, 0.1) is 0 Å². The number of aromatic nitrogens is 2. The molecule has 0 bridgehead atoms. The summed E-state index contributed by atoms with van der Waals surface area (Å²) in [5.41, 5.74) is 1.53. The fraction of sp³-hybridized carbons (Fsp3) is 0.429. The molecule has 1 aliphatic carbocycles. The number of fused-ring (bicyclic) bond motifs is 1. The normalized spacial score (nSPS) is 17.3. The number of rotatable bonds is 4. The molecule has 2 aromatic rings. The molecule has 5 nitrogen and oxygen atoms in total. The van der Waals surface area contributed by atoms with Crippen molar-refractivity contribution in [1.29, 1.82) is 0 Å². The van der Waals surface area contributed by atoms with Crippen molar-refractivity contribution in [3.63, 3.8) is 0 Å². The molecule has 0 spiro atoms. The Bertz CT molecular complexity index is 623. The number of para-hydroxylation sites is 1. The number of carboxylic acid groups (broad SMARTS) is 1. The van der Waals surface area contributed by atoms with Gasteiger partial charge < -0.3 is 14.4 Å². The lowest BCUT2D eigenvalue weighted by Crippen LogP contribution is -2.43. The first kappa shape index (κ1) is 12.2. The van der Waals surface area contributed by atoms with Gasteiger partial charge in [0, 0.05) is 7.11 Å². The Hall–Kier alpha value is -1.88. The minimum absolute atomic E-state index is 0.154. The van der Waals surface area contributed by atoms with Crippen LogP contribution >= 0.6 is 0 Å². The number of carbonyl (C=O) groups is 1. The van der Waals surface area contributed by atoms with Crippen LogP contribution in [0.4, 0.5) is 0 Å². The summed E-state index contributed by atoms with van der Waals surface area (Å²) in [6.07, 6.45) is 4.89. The van der Waals surface area contributed by atoms with Crippen molar-refractivity contribution >= 4 is 17.0 Å². The second-order valence-electron chi connectivity index (χ2n) is 5.09. The highest BCUT2D eigenvalue weighted by molar-refractivity contribution is 6.01. The number of ether oxygens (including phenoxy) is 1. The fourth-order valence-electron chi connectivity index (χ4n) is 2.73. The van der Waals surface area contributed by atoms with Crippen LogP contribution in [0.15, 0.2) is 24.5 Å². The van der Waals surface area contributed by atoms with E-state index in [0.717, 1.165) is 19.3 Å². The summed E-state index contributed by atoms with van der Waals surface area (Å²) in [7, 11) is 1.72. The van der Waals surface area contributed by atoms with E-state index in [1.807, 2.05) is 10.6 Å². The number of benzene rings is 1. The van der Waals surface area contributed by atoms with E-state index < -0.39 is 5.97 Å². The standard InChI is InChI=1S/C14H16N2O3/c1-19-14(6-3-7-14)8-16-9-15-11-5-2-4-10(12(11)16)13(17)18/h2,4-5,9H,3,6-8H2,1H3,(H,17,18). The van der Waals surface area contributed by atoms with Gasteiger partial charge >= 0.3 is 5.97 Å². The van der Waals surface area contributed by atoms with E-state index in [1.54, 1.807) is 25.6 Å². The molecule has 1 N–H and O–H groups in total. The third-order valence-corrected chi connectivity index (χ3v) is 4.02. The smallest absolute Gasteiger partial charge is 0.337 e. The molecular formula is C14H16N2O3. The summed E-state index contributed by atoms with van der Waals surface area (Å²) in [6, 6.07) is 5.17. The molecule has 1 aromatic heterocycles. The van der Waals surface area contributed by atoms with Gasteiger partial charge in [-0.3, -0.25) is 0 Å². The van der Waals surface area contributed by atoms with Gasteiger partial charge in [0.2, 0.25) is 0 Å². The Kier molecular flexibility index (Phi) is 2.78. The Morgan fingerprint density at radius 1 is 1.53 bits per heavy atom. The summed E-state index contributed by atoms with van der Waals surface area (Å²) in [6.45, 7) is 0.657. The quantitative estimate of drug-likeness (QED) is 0.916. The third kappa shape index (κ3) is 1.90. The lowest BCUT2D eigenvalue weighted by Gasteiger charge is -2.40. The van der Waals surface area contributed by atoms with Crippen molar-refractivity contribution in [1.82, 2.24) is 9.55 Å². The number of hydrogen-bond acceptors (Lipinski definition) is 3. The average Bonchev–Trinajstić information content (AvgIpc) is 2.76. The van der Waals surface area contributed by atoms with E-state index in [9.17, 15) is 9.90 Å². The molecule has 1 heterocycles. The number of methoxy groups -OCH3 is 1. The Morgan fingerprint density at radius 2 is 2.32 bits per heavy atom. The second kappa shape index (κ2) is 4.35. The zero-order valence-electron chi connectivity index (χ0n) is 10.8. The molecule has 100 valence electrons. The van der Waals surface area contributed by atoms with Gasteiger partial charge in [0.1, 0.15) is 0 Å². The van der Waals surface area contributed by atoms with Crippen molar-refractivity contribution in [3.8, 4) is 0 Å². The lowest BCUT2D eigenvalue weighted by molar-refractivity contribution is -0.0828. The number of aromatic carboxylic acids is 1. The molecule has 5 heteroatoms. The monoisotopic (exact) mass is 260 g/mol. The molecule has 0 amide bonds. The lowest BCUT2D eigenvalue weighted by atomic mass is 9.80. The molecule has 0 unspecified atom stereocenters. The van der Waals surface area contributed by atoms with Gasteiger partial charge in [-0.2, -0.15) is 0 Å². The minimum atomic E-state index is -0.924. The maximum Gasteiger partial charge on any atom is 0.337 e. The average molecular weight is 260 g/mol. The molecule has 0 saturated heterocycles. The summed E-state index contributed by atoms with van der Waals surface area (Å²) in [5, 5.41) is 9.28. The van der Waals surface area contributed by atoms with E-state index in [1.165, 1.54) is 0 Å². The Morgan fingerprint density at radius 3 is 2.89 bits per heavy atom. The zero-order valence-corrected chi connectivity index (χ0v) is 10.8. The van der Waals surface area contributed by atoms with Gasteiger partial charge in [0.15, 0.2) is 0 Å². The van der Waals surface area contributed by atoms with Crippen LogP contribution in [-0.4, -0.2) is 33.3 Å². The molecule has 1 fully saturated rings. The van der Waals surface area contributed by atoms with E-state index >= 15 is 0 Å². The maximum absolute atomic E-state index is 11.3. The first-order chi connectivity index (χ1) is 9.15. The minimum Gasteiger partial charge on any atom is -0.478 e. The summed E-state index contributed by atoms with van der Waals surface area (Å²) in [4.78, 5) is 15.6. The highest BCUT2D eigenvalue weighted by atomic mass is 16.5. The molecule has 1 aliphatic rings. The van der Waals surface area contributed by atoms with Gasteiger partial charge in [0.25, 0.3) is 0 Å². The van der Waals surface area contributed by atoms with Crippen molar-refractivity contribution in [2.75, 3.05) is 7.11 Å². The number of imidazole rings is 1. The van der Waals surface area contributed by atoms with Crippen LogP contribution in [-0.2, 0) is 11.3 Å². The Balaban J connectivity index is 2.06. The molecule has 0 atom stereocenters. The van der Waals surface area contributed by atoms with E-state index in [4.69, 9.17) is 4.74 Å². The van der Waals surface area contributed by atoms with Crippen molar-refractivity contribution in [2.45, 2.75) is 31.4 Å². The van der Waals surface area contributed by atoms with Gasteiger partial charge in [-0.25, -0.2) is 9.78 Å². The van der Waals surface area contributed by atoms with Crippen molar-refractivity contribution < 1.29 is 14.6 Å². The maximum atomic E-state index is 11.3. The topological polar surface area (TPSA) is 64.4 Å². The molecule has 1 aromatic carbocycles. The van der Waals surface area contributed by atoms with E-state index in [-0.39, 0.29) is 5.60 Å². The first-order valence-electron chi connectivity index (χ1n) is 6.37. The first-order valence-corrected chi connectivity index (χ1v) is 6.37. The van der Waals surface area contributed by atoms with Crippen LogP contribution in [0.3, 0.4) is 0 Å². The van der Waals surface area contributed by atoms with Crippen LogP contribution in [0.1, 0.15) is 29.6 Å². The van der Waals surface area contributed by atoms with E-state index in [2.05, 4.69) is 4.98 Å². The highest BCUT2D eigenvalue weighted by Gasteiger charge is 2.37. The van der Waals surface area contributed by atoms with Crippen molar-refractivity contribution in [3.05, 3.63) is 30.1 Å². The van der Waals surface area contributed by atoms with Gasteiger partial charge in [-0.15, -0.1) is 0 Å². The number of carboxylic acids is 1. The summed E-state index contributed by atoms with van der Waals surface area (Å²) < 4.78 is 7.50. The van der Waals surface area contributed by atoms with Gasteiger partial charge in [-0.05, 0) is 31.4 Å². The molecule has 0 radical (unpaired) electrons. The fourth-order valence-corrected chi connectivity index (χ4v) is 2.73. The SMILES string of the molecule is COC1(Cn2cnc3cccc(C(=O)O)c32)CCC1. The van der Waals surface area contributed by atoms with Crippen LogP contribution in [0.5, 0.6) is 0 Å². The summed E-state index contributed by atoms with van der Waals surface area (Å²) in [5.74, 6) is -0.924. The molecular weight excluding hydrogens is 244 g/mol. The zero-order chi connectivity index (χ0) is 13.5. The molecule has 19 heavy (non-hydrogen) atoms. The molecule has 3 rings (SSSR count). The predicted octanol–water partition coefficient (Wildman–Crippen LogP) is 2.30. The van der Waals surface area contributed by atoms with Crippen LogP contribution in [0.2, 0.25) is 0 Å². The highest BCUT2D eigenvalue weighted by Crippen LogP contribution is 2.37. The number of hydrogen-bond donors (Lipinski definition) is 1.